The van der Waals surface area contributed by atoms with Crippen LogP contribution in [0.4, 0.5) is 0 Å². The lowest BCUT2D eigenvalue weighted by Gasteiger charge is -2.15. The maximum absolute atomic E-state index is 3.67. The Labute approximate surface area is 132 Å². The van der Waals surface area contributed by atoms with Crippen LogP contribution in [0.2, 0.25) is 0 Å². The fourth-order valence-electron chi connectivity index (χ4n) is 3.04. The lowest BCUT2D eigenvalue weighted by atomic mass is 9.96. The first-order chi connectivity index (χ1) is 10.2. The van der Waals surface area contributed by atoms with Crippen LogP contribution in [0.25, 0.3) is 10.4 Å². The van der Waals surface area contributed by atoms with E-state index in [2.05, 4.69) is 62.5 Å². The van der Waals surface area contributed by atoms with Gasteiger partial charge >= 0.3 is 0 Å². The van der Waals surface area contributed by atoms with E-state index in [1.807, 2.05) is 11.3 Å². The Morgan fingerprint density at radius 1 is 1.14 bits per heavy atom. The van der Waals surface area contributed by atoms with E-state index >= 15 is 0 Å². The molecule has 1 heterocycles. The van der Waals surface area contributed by atoms with E-state index in [0.29, 0.717) is 12.0 Å². The lowest BCUT2D eigenvalue weighted by Crippen LogP contribution is -2.21. The van der Waals surface area contributed by atoms with E-state index in [0.717, 1.165) is 12.5 Å². The van der Waals surface area contributed by atoms with Crippen molar-refractivity contribution in [3.05, 3.63) is 46.8 Å². The van der Waals surface area contributed by atoms with Gasteiger partial charge in [-0.05, 0) is 54.5 Å². The molecule has 1 aliphatic rings. The number of hydrogen-bond acceptors (Lipinski definition) is 2. The van der Waals surface area contributed by atoms with Crippen LogP contribution in [0.1, 0.15) is 56.0 Å². The first kappa shape index (κ1) is 14.8. The molecule has 112 valence electrons. The molecule has 1 aromatic heterocycles. The number of thiophene rings is 1. The van der Waals surface area contributed by atoms with Crippen molar-refractivity contribution in [3.8, 4) is 10.4 Å². The van der Waals surface area contributed by atoms with Crippen molar-refractivity contribution in [2.24, 2.45) is 5.92 Å². The van der Waals surface area contributed by atoms with Gasteiger partial charge < -0.3 is 5.32 Å². The summed E-state index contributed by atoms with van der Waals surface area (Å²) in [6.07, 6.45) is 2.76. The molecular formula is C19H25NS. The Morgan fingerprint density at radius 3 is 2.57 bits per heavy atom. The number of hydrogen-bond donors (Lipinski definition) is 1. The third-order valence-corrected chi connectivity index (χ3v) is 5.50. The van der Waals surface area contributed by atoms with Crippen LogP contribution in [-0.4, -0.2) is 6.54 Å². The highest BCUT2D eigenvalue weighted by molar-refractivity contribution is 7.15. The highest BCUT2D eigenvalue weighted by atomic mass is 32.1. The van der Waals surface area contributed by atoms with E-state index in [1.54, 1.807) is 0 Å². The molecule has 2 aromatic rings. The molecular weight excluding hydrogens is 274 g/mol. The van der Waals surface area contributed by atoms with Crippen LogP contribution in [0.15, 0.2) is 36.4 Å². The van der Waals surface area contributed by atoms with Crippen molar-refractivity contribution in [3.63, 3.8) is 0 Å². The molecule has 21 heavy (non-hydrogen) atoms. The number of nitrogens with one attached hydrogen (secondary N) is 1. The van der Waals surface area contributed by atoms with Crippen molar-refractivity contribution in [1.82, 2.24) is 5.32 Å². The molecule has 0 spiro atoms. The Morgan fingerprint density at radius 2 is 1.90 bits per heavy atom. The molecule has 0 saturated heterocycles. The van der Waals surface area contributed by atoms with Gasteiger partial charge in [-0.1, -0.05) is 45.0 Å². The minimum atomic E-state index is 0.569. The molecule has 0 aliphatic heterocycles. The third kappa shape index (κ3) is 3.22. The minimum absolute atomic E-state index is 0.569. The van der Waals surface area contributed by atoms with Crippen LogP contribution >= 0.6 is 11.3 Å². The Kier molecular flexibility index (Phi) is 4.46. The topological polar surface area (TPSA) is 12.0 Å². The smallest absolute Gasteiger partial charge is 0.0443 e. The van der Waals surface area contributed by atoms with Crippen molar-refractivity contribution in [2.45, 2.75) is 45.6 Å². The summed E-state index contributed by atoms with van der Waals surface area (Å²) in [6.45, 7) is 7.81. The average molecular weight is 299 g/mol. The molecule has 1 unspecified atom stereocenters. The van der Waals surface area contributed by atoms with Crippen LogP contribution < -0.4 is 5.32 Å². The second-order valence-corrected chi connectivity index (χ2v) is 7.43. The van der Waals surface area contributed by atoms with Gasteiger partial charge in [-0.25, -0.2) is 0 Å². The Hall–Kier alpha value is -1.12. The summed E-state index contributed by atoms with van der Waals surface area (Å²) < 4.78 is 0. The molecule has 1 saturated carbocycles. The summed E-state index contributed by atoms with van der Waals surface area (Å²) in [7, 11) is 0. The molecule has 2 heteroatoms. The predicted octanol–water partition coefficient (Wildman–Crippen LogP) is 5.60. The Bertz CT molecular complexity index is 595. The predicted molar refractivity (Wildman–Crippen MR) is 93.0 cm³/mol. The summed E-state index contributed by atoms with van der Waals surface area (Å²) in [4.78, 5) is 2.92. The fourth-order valence-corrected chi connectivity index (χ4v) is 4.26. The monoisotopic (exact) mass is 299 g/mol. The molecule has 1 fully saturated rings. The van der Waals surface area contributed by atoms with Crippen molar-refractivity contribution in [2.75, 3.05) is 6.54 Å². The van der Waals surface area contributed by atoms with Crippen LogP contribution in [-0.2, 0) is 0 Å². The van der Waals surface area contributed by atoms with E-state index in [4.69, 9.17) is 0 Å². The zero-order valence-electron chi connectivity index (χ0n) is 13.2. The van der Waals surface area contributed by atoms with Gasteiger partial charge in [0.15, 0.2) is 0 Å². The van der Waals surface area contributed by atoms with E-state index in [9.17, 15) is 0 Å². The van der Waals surface area contributed by atoms with Gasteiger partial charge in [-0.15, -0.1) is 11.3 Å². The normalized spacial score (nSPS) is 16.4. The Balaban J connectivity index is 1.91. The second kappa shape index (κ2) is 6.33. The fraction of sp³-hybridized carbons (Fsp3) is 0.474. The van der Waals surface area contributed by atoms with E-state index in [-0.39, 0.29) is 0 Å². The molecule has 1 N–H and O–H groups in total. The van der Waals surface area contributed by atoms with Crippen molar-refractivity contribution < 1.29 is 0 Å². The van der Waals surface area contributed by atoms with Gasteiger partial charge in [0.05, 0.1) is 0 Å². The van der Waals surface area contributed by atoms with Crippen molar-refractivity contribution in [1.29, 1.82) is 0 Å². The van der Waals surface area contributed by atoms with Crippen LogP contribution in [0.3, 0.4) is 0 Å². The first-order valence-corrected chi connectivity index (χ1v) is 8.94. The molecule has 1 aromatic carbocycles. The number of benzene rings is 1. The molecule has 1 nitrogen and oxygen atoms in total. The molecule has 0 bridgehead atoms. The first-order valence-electron chi connectivity index (χ1n) is 8.13. The summed E-state index contributed by atoms with van der Waals surface area (Å²) in [6, 6.07) is 14.1. The summed E-state index contributed by atoms with van der Waals surface area (Å²) in [5, 5.41) is 3.67. The summed E-state index contributed by atoms with van der Waals surface area (Å²) >= 11 is 1.97. The molecule has 1 atom stereocenters. The van der Waals surface area contributed by atoms with Crippen LogP contribution in [0, 0.1) is 5.92 Å². The minimum Gasteiger partial charge on any atom is -0.309 e. The summed E-state index contributed by atoms with van der Waals surface area (Å²) in [5.41, 5.74) is 2.87. The average Bonchev–Trinajstić information content (AvgIpc) is 3.21. The largest absolute Gasteiger partial charge is 0.309 e. The van der Waals surface area contributed by atoms with Gasteiger partial charge in [0, 0.05) is 15.8 Å². The van der Waals surface area contributed by atoms with Gasteiger partial charge in [0.25, 0.3) is 0 Å². The maximum Gasteiger partial charge on any atom is 0.0443 e. The maximum atomic E-state index is 3.67. The van der Waals surface area contributed by atoms with Crippen molar-refractivity contribution >= 4 is 11.3 Å². The lowest BCUT2D eigenvalue weighted by molar-refractivity contribution is 0.504. The number of rotatable bonds is 6. The van der Waals surface area contributed by atoms with Gasteiger partial charge in [0.1, 0.15) is 0 Å². The summed E-state index contributed by atoms with van der Waals surface area (Å²) in [5.74, 6) is 1.43. The molecule has 0 amide bonds. The van der Waals surface area contributed by atoms with Crippen LogP contribution in [0.5, 0.6) is 0 Å². The van der Waals surface area contributed by atoms with E-state index in [1.165, 1.54) is 33.7 Å². The highest BCUT2D eigenvalue weighted by Crippen LogP contribution is 2.44. The molecule has 0 radical (unpaired) electrons. The SMILES string of the molecule is CCNC(c1ccc(-c2ccccc2C(C)C)s1)C1CC1. The second-order valence-electron chi connectivity index (χ2n) is 6.32. The standard InChI is InChI=1S/C19H25NS/c1-4-20-19(14-9-10-14)18-12-11-17(21-18)16-8-6-5-7-15(16)13(2)3/h5-8,11-14,19-20H,4,9-10H2,1-3H3. The van der Waals surface area contributed by atoms with Gasteiger partial charge in [-0.3, -0.25) is 0 Å². The molecule has 1 aliphatic carbocycles. The van der Waals surface area contributed by atoms with Gasteiger partial charge in [-0.2, -0.15) is 0 Å². The zero-order chi connectivity index (χ0) is 14.8. The van der Waals surface area contributed by atoms with Gasteiger partial charge in [0.2, 0.25) is 0 Å². The molecule has 3 rings (SSSR count). The third-order valence-electron chi connectivity index (χ3n) is 4.30. The highest BCUT2D eigenvalue weighted by Gasteiger charge is 2.32. The zero-order valence-corrected chi connectivity index (χ0v) is 14.0. The van der Waals surface area contributed by atoms with E-state index < -0.39 is 0 Å². The quantitative estimate of drug-likeness (QED) is 0.732.